The summed E-state index contributed by atoms with van der Waals surface area (Å²) in [5.41, 5.74) is -1.52. The Kier molecular flexibility index (Phi) is 4.17. The highest BCUT2D eigenvalue weighted by Gasteiger charge is 2.33. The lowest BCUT2D eigenvalue weighted by Crippen LogP contribution is -2.07. The van der Waals surface area contributed by atoms with E-state index in [1.165, 1.54) is 12.2 Å². The number of hydrogen-bond donors (Lipinski definition) is 1. The third-order valence-corrected chi connectivity index (χ3v) is 2.17. The summed E-state index contributed by atoms with van der Waals surface area (Å²) in [6.45, 7) is 0. The lowest BCUT2D eigenvalue weighted by Gasteiger charge is -2.09. The van der Waals surface area contributed by atoms with Gasteiger partial charge in [0.1, 0.15) is 0 Å². The average Bonchev–Trinajstić information content (AvgIpc) is 2.24. The molecule has 0 saturated carbocycles. The van der Waals surface area contributed by atoms with Gasteiger partial charge in [-0.25, -0.2) is 0 Å². The van der Waals surface area contributed by atoms with Crippen LogP contribution in [0.25, 0.3) is 6.08 Å². The molecule has 0 N–H and O–H groups in total. The van der Waals surface area contributed by atoms with Gasteiger partial charge in [0.25, 0.3) is 5.69 Å². The fraction of sp³-hybridized carbons (Fsp3) is 0.200. The molecule has 0 aliphatic heterocycles. The Morgan fingerprint density at radius 1 is 1.41 bits per heavy atom. The van der Waals surface area contributed by atoms with Gasteiger partial charge in [-0.1, -0.05) is 12.2 Å². The van der Waals surface area contributed by atoms with E-state index in [4.69, 9.17) is 0 Å². The quantitative estimate of drug-likeness (QED) is 0.514. The van der Waals surface area contributed by atoms with Gasteiger partial charge < -0.3 is 0 Å². The standard InChI is InChI=1S/C10H8F3NO2S/c11-10(12,13)9-4-3-8(14(15)16)6-7(9)2-1-5-17/h1-4,6,17H,5H2. The van der Waals surface area contributed by atoms with Crippen LogP contribution in [0.15, 0.2) is 24.3 Å². The van der Waals surface area contributed by atoms with E-state index in [0.29, 0.717) is 6.07 Å². The Bertz CT molecular complexity index is 457. The van der Waals surface area contributed by atoms with Crippen LogP contribution in [-0.2, 0) is 6.18 Å². The Morgan fingerprint density at radius 3 is 2.53 bits per heavy atom. The van der Waals surface area contributed by atoms with Crippen molar-refractivity contribution in [3.63, 3.8) is 0 Å². The third kappa shape index (κ3) is 3.48. The highest BCUT2D eigenvalue weighted by atomic mass is 32.1. The number of nitro benzene ring substituents is 1. The van der Waals surface area contributed by atoms with E-state index < -0.39 is 16.7 Å². The number of benzene rings is 1. The van der Waals surface area contributed by atoms with E-state index in [-0.39, 0.29) is 17.0 Å². The van der Waals surface area contributed by atoms with Gasteiger partial charge in [-0.05, 0) is 11.6 Å². The molecule has 0 bridgehead atoms. The van der Waals surface area contributed by atoms with Crippen LogP contribution in [0.1, 0.15) is 11.1 Å². The molecule has 0 radical (unpaired) electrons. The Balaban J connectivity index is 3.31. The molecule has 1 aromatic rings. The van der Waals surface area contributed by atoms with Gasteiger partial charge in [-0.3, -0.25) is 10.1 Å². The molecular weight excluding hydrogens is 255 g/mol. The molecule has 7 heteroatoms. The number of thiol groups is 1. The summed E-state index contributed by atoms with van der Waals surface area (Å²) >= 11 is 3.82. The van der Waals surface area contributed by atoms with Crippen molar-refractivity contribution in [3.8, 4) is 0 Å². The van der Waals surface area contributed by atoms with Gasteiger partial charge >= 0.3 is 6.18 Å². The first kappa shape index (κ1) is 13.6. The summed E-state index contributed by atoms with van der Waals surface area (Å²) in [5, 5.41) is 10.5. The number of non-ortho nitro benzene ring substituents is 1. The second-order valence-electron chi connectivity index (χ2n) is 3.11. The first-order valence-electron chi connectivity index (χ1n) is 4.49. The van der Waals surface area contributed by atoms with Gasteiger partial charge in [0, 0.05) is 17.9 Å². The number of halogens is 3. The Morgan fingerprint density at radius 2 is 2.06 bits per heavy atom. The minimum atomic E-state index is -4.54. The lowest BCUT2D eigenvalue weighted by molar-refractivity contribution is -0.384. The minimum Gasteiger partial charge on any atom is -0.258 e. The van der Waals surface area contributed by atoms with E-state index in [1.54, 1.807) is 0 Å². The summed E-state index contributed by atoms with van der Waals surface area (Å²) < 4.78 is 37.8. The van der Waals surface area contributed by atoms with Crippen LogP contribution < -0.4 is 0 Å². The van der Waals surface area contributed by atoms with Crippen LogP contribution in [-0.4, -0.2) is 10.7 Å². The monoisotopic (exact) mass is 263 g/mol. The molecule has 0 atom stereocenters. The van der Waals surface area contributed by atoms with Crippen molar-refractivity contribution in [3.05, 3.63) is 45.5 Å². The molecular formula is C10H8F3NO2S. The Hall–Kier alpha value is -1.50. The van der Waals surface area contributed by atoms with Gasteiger partial charge in [-0.2, -0.15) is 25.8 Å². The van der Waals surface area contributed by atoms with E-state index in [9.17, 15) is 23.3 Å². The number of hydrogen-bond acceptors (Lipinski definition) is 3. The van der Waals surface area contributed by atoms with Crippen molar-refractivity contribution in [1.29, 1.82) is 0 Å². The van der Waals surface area contributed by atoms with Crippen LogP contribution >= 0.6 is 12.6 Å². The maximum atomic E-state index is 12.6. The smallest absolute Gasteiger partial charge is 0.258 e. The van der Waals surface area contributed by atoms with E-state index in [0.717, 1.165) is 12.1 Å². The number of alkyl halides is 3. The van der Waals surface area contributed by atoms with E-state index in [1.807, 2.05) is 0 Å². The maximum absolute atomic E-state index is 12.6. The van der Waals surface area contributed by atoms with Crippen LogP contribution in [0.4, 0.5) is 18.9 Å². The normalized spacial score (nSPS) is 12.0. The summed E-state index contributed by atoms with van der Waals surface area (Å²) in [4.78, 5) is 9.74. The van der Waals surface area contributed by atoms with Crippen LogP contribution in [0, 0.1) is 10.1 Å². The van der Waals surface area contributed by atoms with Crippen LogP contribution in [0.3, 0.4) is 0 Å². The first-order chi connectivity index (χ1) is 7.86. The molecule has 0 heterocycles. The molecule has 0 spiro atoms. The number of nitrogens with zero attached hydrogens (tertiary/aromatic N) is 1. The predicted molar refractivity (Wildman–Crippen MR) is 61.0 cm³/mol. The number of rotatable bonds is 3. The first-order valence-corrected chi connectivity index (χ1v) is 5.12. The highest BCUT2D eigenvalue weighted by molar-refractivity contribution is 7.80. The van der Waals surface area contributed by atoms with Gasteiger partial charge in [0.2, 0.25) is 0 Å². The van der Waals surface area contributed by atoms with Gasteiger partial charge in [-0.15, -0.1) is 0 Å². The zero-order chi connectivity index (χ0) is 13.1. The second-order valence-corrected chi connectivity index (χ2v) is 3.48. The zero-order valence-electron chi connectivity index (χ0n) is 8.44. The molecule has 17 heavy (non-hydrogen) atoms. The van der Waals surface area contributed by atoms with Crippen molar-refractivity contribution in [2.24, 2.45) is 0 Å². The SMILES string of the molecule is O=[N+]([O-])c1ccc(C(F)(F)F)c(C=CCS)c1. The molecule has 0 aliphatic carbocycles. The van der Waals surface area contributed by atoms with Crippen molar-refractivity contribution < 1.29 is 18.1 Å². The van der Waals surface area contributed by atoms with Crippen molar-refractivity contribution in [2.75, 3.05) is 5.75 Å². The molecule has 0 fully saturated rings. The van der Waals surface area contributed by atoms with Gasteiger partial charge in [0.15, 0.2) is 0 Å². The summed E-state index contributed by atoms with van der Waals surface area (Å²) in [7, 11) is 0. The van der Waals surface area contributed by atoms with Crippen molar-refractivity contribution in [1.82, 2.24) is 0 Å². The van der Waals surface area contributed by atoms with Crippen LogP contribution in [0.5, 0.6) is 0 Å². The molecule has 92 valence electrons. The molecule has 0 unspecified atom stereocenters. The molecule has 0 aromatic heterocycles. The fourth-order valence-electron chi connectivity index (χ4n) is 1.24. The summed E-state index contributed by atoms with van der Waals surface area (Å²) in [5.74, 6) is 0.250. The van der Waals surface area contributed by atoms with E-state index in [2.05, 4.69) is 12.6 Å². The molecule has 1 aromatic carbocycles. The molecule has 1 rings (SSSR count). The van der Waals surface area contributed by atoms with Crippen molar-refractivity contribution in [2.45, 2.75) is 6.18 Å². The zero-order valence-corrected chi connectivity index (χ0v) is 9.33. The van der Waals surface area contributed by atoms with Crippen LogP contribution in [0.2, 0.25) is 0 Å². The summed E-state index contributed by atoms with van der Waals surface area (Å²) in [6.07, 6.45) is -1.98. The average molecular weight is 263 g/mol. The summed E-state index contributed by atoms with van der Waals surface area (Å²) in [6, 6.07) is 2.43. The topological polar surface area (TPSA) is 43.1 Å². The maximum Gasteiger partial charge on any atom is 0.416 e. The molecule has 3 nitrogen and oxygen atoms in total. The minimum absolute atomic E-state index is 0.235. The van der Waals surface area contributed by atoms with Gasteiger partial charge in [0.05, 0.1) is 10.5 Å². The molecule has 0 saturated heterocycles. The fourth-order valence-corrected chi connectivity index (χ4v) is 1.34. The van der Waals surface area contributed by atoms with Crippen molar-refractivity contribution >= 4 is 24.4 Å². The molecule has 0 amide bonds. The Labute approximate surface area is 101 Å². The highest BCUT2D eigenvalue weighted by Crippen LogP contribution is 2.34. The largest absolute Gasteiger partial charge is 0.416 e. The number of nitro groups is 1. The third-order valence-electron chi connectivity index (χ3n) is 1.95. The molecule has 0 aliphatic rings. The lowest BCUT2D eigenvalue weighted by atomic mass is 10.1. The second kappa shape index (κ2) is 5.22. The van der Waals surface area contributed by atoms with E-state index >= 15 is 0 Å². The predicted octanol–water partition coefficient (Wildman–Crippen LogP) is 3.56.